The van der Waals surface area contributed by atoms with E-state index in [9.17, 15) is 5.11 Å². The van der Waals surface area contributed by atoms with E-state index in [1.54, 1.807) is 7.11 Å². The predicted molar refractivity (Wildman–Crippen MR) is 97.3 cm³/mol. The Balaban J connectivity index is 2.36. The van der Waals surface area contributed by atoms with Crippen molar-refractivity contribution < 1.29 is 9.84 Å². The Hall–Kier alpha value is -0.860. The van der Waals surface area contributed by atoms with Crippen molar-refractivity contribution in [2.24, 2.45) is 23.2 Å². The van der Waals surface area contributed by atoms with Crippen LogP contribution in [0.2, 0.25) is 0 Å². The molecule has 130 valence electrons. The van der Waals surface area contributed by atoms with Crippen molar-refractivity contribution in [2.45, 2.75) is 59.5 Å². The van der Waals surface area contributed by atoms with Gasteiger partial charge in [0.1, 0.15) is 0 Å². The van der Waals surface area contributed by atoms with Gasteiger partial charge in [0.15, 0.2) is 0 Å². The first-order chi connectivity index (χ1) is 10.7. The molecule has 2 aliphatic carbocycles. The molecular formula is C21H34O2. The second kappa shape index (κ2) is 6.94. The normalized spacial score (nSPS) is 32.9. The smallest absolute Gasteiger partial charge is 0.0850 e. The third-order valence-corrected chi connectivity index (χ3v) is 6.29. The molecule has 0 aromatic heterocycles. The summed E-state index contributed by atoms with van der Waals surface area (Å²) in [5, 5.41) is 11.4. The quantitative estimate of drug-likeness (QED) is 0.705. The molecular weight excluding hydrogens is 284 g/mol. The minimum Gasteiger partial charge on any atom is -0.388 e. The molecule has 4 atom stereocenters. The fourth-order valence-corrected chi connectivity index (χ4v) is 4.70. The van der Waals surface area contributed by atoms with Crippen LogP contribution in [-0.4, -0.2) is 24.9 Å². The van der Waals surface area contributed by atoms with E-state index in [2.05, 4.69) is 40.9 Å². The maximum atomic E-state index is 11.4. The SMILES string of the molecule is C=C(C)[C@@H]1CCC(COC)=C1[C@@H](O)[C@@]1(C)CC[C@H](C(C)C)C1=C. The average molecular weight is 319 g/mol. The number of allylic oxidation sites excluding steroid dienone is 1. The summed E-state index contributed by atoms with van der Waals surface area (Å²) >= 11 is 0. The Morgan fingerprint density at radius 1 is 1.39 bits per heavy atom. The molecule has 1 N–H and O–H groups in total. The van der Waals surface area contributed by atoms with Gasteiger partial charge in [0.2, 0.25) is 0 Å². The maximum Gasteiger partial charge on any atom is 0.0850 e. The number of aliphatic hydroxyl groups is 1. The van der Waals surface area contributed by atoms with Crippen molar-refractivity contribution in [3.05, 3.63) is 35.5 Å². The summed E-state index contributed by atoms with van der Waals surface area (Å²) in [4.78, 5) is 0. The van der Waals surface area contributed by atoms with E-state index in [1.165, 1.54) is 16.7 Å². The van der Waals surface area contributed by atoms with Crippen LogP contribution in [0.1, 0.15) is 53.4 Å². The van der Waals surface area contributed by atoms with Gasteiger partial charge in [-0.05, 0) is 55.6 Å². The highest BCUT2D eigenvalue weighted by atomic mass is 16.5. The van der Waals surface area contributed by atoms with E-state index in [0.29, 0.717) is 18.4 Å². The zero-order chi connectivity index (χ0) is 17.4. The predicted octanol–water partition coefficient (Wildman–Crippen LogP) is 4.90. The molecule has 0 saturated heterocycles. The Kier molecular flexibility index (Phi) is 5.58. The lowest BCUT2D eigenvalue weighted by molar-refractivity contribution is 0.0892. The van der Waals surface area contributed by atoms with Crippen molar-refractivity contribution in [3.8, 4) is 0 Å². The van der Waals surface area contributed by atoms with Gasteiger partial charge in [-0.3, -0.25) is 0 Å². The fourth-order valence-electron chi connectivity index (χ4n) is 4.70. The molecule has 0 aliphatic heterocycles. The first-order valence-electron chi connectivity index (χ1n) is 8.97. The molecule has 0 spiro atoms. The maximum absolute atomic E-state index is 11.4. The van der Waals surface area contributed by atoms with Crippen molar-refractivity contribution in [3.63, 3.8) is 0 Å². The molecule has 0 aromatic carbocycles. The topological polar surface area (TPSA) is 29.5 Å². The summed E-state index contributed by atoms with van der Waals surface area (Å²) < 4.78 is 5.39. The number of aliphatic hydroxyl groups excluding tert-OH is 1. The Morgan fingerprint density at radius 3 is 2.52 bits per heavy atom. The van der Waals surface area contributed by atoms with Crippen molar-refractivity contribution in [1.29, 1.82) is 0 Å². The second-order valence-corrected chi connectivity index (χ2v) is 8.16. The van der Waals surface area contributed by atoms with Crippen LogP contribution in [0, 0.1) is 23.2 Å². The van der Waals surface area contributed by atoms with Crippen LogP contribution < -0.4 is 0 Å². The van der Waals surface area contributed by atoms with Gasteiger partial charge in [0.05, 0.1) is 12.7 Å². The molecule has 2 nitrogen and oxygen atoms in total. The molecule has 0 aromatic rings. The zero-order valence-corrected chi connectivity index (χ0v) is 15.6. The highest BCUT2D eigenvalue weighted by Gasteiger charge is 2.48. The fraction of sp³-hybridized carbons (Fsp3) is 0.714. The first-order valence-corrected chi connectivity index (χ1v) is 8.97. The van der Waals surface area contributed by atoms with Gasteiger partial charge in [0.25, 0.3) is 0 Å². The van der Waals surface area contributed by atoms with Crippen molar-refractivity contribution >= 4 is 0 Å². The molecule has 2 heteroatoms. The van der Waals surface area contributed by atoms with Gasteiger partial charge in [-0.2, -0.15) is 0 Å². The van der Waals surface area contributed by atoms with Crippen molar-refractivity contribution in [1.82, 2.24) is 0 Å². The highest BCUT2D eigenvalue weighted by molar-refractivity contribution is 5.37. The van der Waals surface area contributed by atoms with E-state index >= 15 is 0 Å². The largest absolute Gasteiger partial charge is 0.388 e. The summed E-state index contributed by atoms with van der Waals surface area (Å²) in [6.07, 6.45) is 3.75. The van der Waals surface area contributed by atoms with E-state index < -0.39 is 6.10 Å². The van der Waals surface area contributed by atoms with Crippen LogP contribution >= 0.6 is 0 Å². The monoisotopic (exact) mass is 318 g/mol. The summed E-state index contributed by atoms with van der Waals surface area (Å²) in [6, 6.07) is 0. The third-order valence-electron chi connectivity index (χ3n) is 6.29. The minimum absolute atomic E-state index is 0.221. The van der Waals surface area contributed by atoms with Crippen LogP contribution in [0.3, 0.4) is 0 Å². The van der Waals surface area contributed by atoms with E-state index in [4.69, 9.17) is 4.74 Å². The lowest BCUT2D eigenvalue weighted by Gasteiger charge is -2.37. The van der Waals surface area contributed by atoms with Gasteiger partial charge in [0, 0.05) is 18.4 Å². The highest BCUT2D eigenvalue weighted by Crippen LogP contribution is 2.54. The van der Waals surface area contributed by atoms with Crippen LogP contribution in [-0.2, 0) is 4.74 Å². The summed E-state index contributed by atoms with van der Waals surface area (Å²) in [7, 11) is 1.73. The molecule has 0 unspecified atom stereocenters. The third kappa shape index (κ3) is 3.21. The standard InChI is InChI=1S/C21H34O2/c1-13(2)17-10-11-21(6,15(17)5)20(22)19-16(12-23-7)8-9-18(19)14(3)4/h13,17-18,20,22H,3,5,8-12H2,1-2,4,6-7H3/t17-,18+,20-,21+/m1/s1. The van der Waals surface area contributed by atoms with Gasteiger partial charge >= 0.3 is 0 Å². The molecule has 1 saturated carbocycles. The van der Waals surface area contributed by atoms with E-state index in [-0.39, 0.29) is 11.3 Å². The summed E-state index contributed by atoms with van der Waals surface area (Å²) in [6.45, 7) is 18.0. The number of hydrogen-bond acceptors (Lipinski definition) is 2. The number of methoxy groups -OCH3 is 1. The molecule has 0 amide bonds. The second-order valence-electron chi connectivity index (χ2n) is 8.16. The molecule has 0 radical (unpaired) electrons. The lowest BCUT2D eigenvalue weighted by atomic mass is 9.71. The molecule has 1 fully saturated rings. The van der Waals surface area contributed by atoms with E-state index in [0.717, 1.165) is 31.3 Å². The van der Waals surface area contributed by atoms with Gasteiger partial charge in [-0.15, -0.1) is 0 Å². The van der Waals surface area contributed by atoms with Gasteiger partial charge < -0.3 is 9.84 Å². The Morgan fingerprint density at radius 2 is 2.04 bits per heavy atom. The van der Waals surface area contributed by atoms with Crippen LogP contribution in [0.5, 0.6) is 0 Å². The number of rotatable bonds is 6. The number of hydrogen-bond donors (Lipinski definition) is 1. The Bertz CT molecular complexity index is 514. The average Bonchev–Trinajstić information content (AvgIpc) is 3.02. The molecule has 2 rings (SSSR count). The zero-order valence-electron chi connectivity index (χ0n) is 15.6. The van der Waals surface area contributed by atoms with Crippen LogP contribution in [0.15, 0.2) is 35.5 Å². The summed E-state index contributed by atoms with van der Waals surface area (Å²) in [5.41, 5.74) is 4.61. The van der Waals surface area contributed by atoms with Gasteiger partial charge in [-0.1, -0.05) is 45.1 Å². The van der Waals surface area contributed by atoms with Crippen LogP contribution in [0.25, 0.3) is 0 Å². The summed E-state index contributed by atoms with van der Waals surface area (Å²) in [5.74, 6) is 1.40. The Labute approximate surface area is 142 Å². The van der Waals surface area contributed by atoms with Gasteiger partial charge in [-0.25, -0.2) is 0 Å². The molecule has 0 bridgehead atoms. The number of ether oxygens (including phenoxy) is 1. The first kappa shape index (κ1) is 18.5. The minimum atomic E-state index is -0.465. The van der Waals surface area contributed by atoms with Crippen LogP contribution in [0.4, 0.5) is 0 Å². The molecule has 0 heterocycles. The van der Waals surface area contributed by atoms with E-state index in [1.807, 2.05) is 0 Å². The molecule has 23 heavy (non-hydrogen) atoms. The lowest BCUT2D eigenvalue weighted by Crippen LogP contribution is -2.36. The van der Waals surface area contributed by atoms with Crippen molar-refractivity contribution in [2.75, 3.05) is 13.7 Å². The molecule has 2 aliphatic rings.